The normalized spacial score (nSPS) is 11.9. The molecule has 4 nitrogen and oxygen atoms in total. The van der Waals surface area contributed by atoms with Crippen molar-refractivity contribution in [2.45, 2.75) is 0 Å². The first-order valence-electron chi connectivity index (χ1n) is 13.8. The molecular weight excluding hydrogens is 502 g/mol. The van der Waals surface area contributed by atoms with Gasteiger partial charge in [0.1, 0.15) is 5.52 Å². The Kier molecular flexibility index (Phi) is 4.58. The van der Waals surface area contributed by atoms with Crippen LogP contribution in [0.25, 0.3) is 77.2 Å². The molecule has 9 rings (SSSR count). The summed E-state index contributed by atoms with van der Waals surface area (Å²) in [6.07, 6.45) is 1.52. The Balaban J connectivity index is 1.28. The summed E-state index contributed by atoms with van der Waals surface area (Å²) in [5.41, 5.74) is 10.9. The summed E-state index contributed by atoms with van der Waals surface area (Å²) in [6, 6.07) is 47.6. The molecule has 9 aromatic rings. The average molecular weight is 526 g/mol. The fourth-order valence-electron chi connectivity index (χ4n) is 6.47. The van der Waals surface area contributed by atoms with Gasteiger partial charge in [-0.25, -0.2) is 4.98 Å². The highest BCUT2D eigenvalue weighted by molar-refractivity contribution is 6.13. The number of fused-ring (bicyclic) bond motifs is 7. The van der Waals surface area contributed by atoms with Crippen molar-refractivity contribution in [1.29, 1.82) is 0 Å². The van der Waals surface area contributed by atoms with Crippen LogP contribution >= 0.6 is 0 Å². The van der Waals surface area contributed by atoms with Crippen LogP contribution in [0, 0.1) is 0 Å². The smallest absolute Gasteiger partial charge is 0.182 e. The van der Waals surface area contributed by atoms with E-state index in [4.69, 9.17) is 4.42 Å². The first-order chi connectivity index (χ1) is 20.3. The first kappa shape index (κ1) is 22.2. The number of aromatic nitrogens is 3. The maximum Gasteiger partial charge on any atom is 0.182 e. The molecular formula is C37H23N3O. The van der Waals surface area contributed by atoms with Crippen LogP contribution in [0.3, 0.4) is 0 Å². The van der Waals surface area contributed by atoms with E-state index in [1.165, 1.54) is 55.8 Å². The van der Waals surface area contributed by atoms with Crippen molar-refractivity contribution in [2.24, 2.45) is 0 Å². The third-order valence-electron chi connectivity index (χ3n) is 8.27. The average Bonchev–Trinajstić information content (AvgIpc) is 3.73. The molecule has 3 heterocycles. The van der Waals surface area contributed by atoms with E-state index in [-0.39, 0.29) is 0 Å². The van der Waals surface area contributed by atoms with Gasteiger partial charge in [-0.2, -0.15) is 0 Å². The molecule has 6 aromatic carbocycles. The Morgan fingerprint density at radius 3 is 1.76 bits per heavy atom. The highest BCUT2D eigenvalue weighted by Gasteiger charge is 2.17. The van der Waals surface area contributed by atoms with Crippen molar-refractivity contribution < 1.29 is 4.42 Å². The van der Waals surface area contributed by atoms with Gasteiger partial charge in [-0.1, -0.05) is 72.8 Å². The number of hydrogen-bond donors (Lipinski definition) is 0. The number of rotatable bonds is 3. The number of oxazole rings is 1. The molecule has 0 aliphatic rings. The van der Waals surface area contributed by atoms with Crippen molar-refractivity contribution in [2.75, 3.05) is 0 Å². The molecule has 0 unspecified atom stereocenters. The number of hydrogen-bond acceptors (Lipinski definition) is 2. The molecule has 0 spiro atoms. The number of para-hydroxylation sites is 4. The van der Waals surface area contributed by atoms with Gasteiger partial charge >= 0.3 is 0 Å². The van der Waals surface area contributed by atoms with Gasteiger partial charge in [0.25, 0.3) is 0 Å². The molecule has 3 aromatic heterocycles. The van der Waals surface area contributed by atoms with Gasteiger partial charge in [0.05, 0.1) is 27.8 Å². The molecule has 0 saturated carbocycles. The molecule has 41 heavy (non-hydrogen) atoms. The standard InChI is InChI=1S/C37H23N3O/c1-2-9-26(10-3-1)39-31-13-6-4-11-27(31)29-21-24(17-19-33(29)39)25-18-20-34-30(22-25)28-12-5-7-14-32(28)40(34)35-15-8-16-36-37(35)38-23-41-36/h1-23H. The SMILES string of the molecule is c1ccc(-n2c3ccccc3c3cc(-c4ccc5c(c4)c4ccccc4n5-c4cccc5ocnc45)ccc32)cc1. The van der Waals surface area contributed by atoms with Crippen LogP contribution in [-0.2, 0) is 0 Å². The lowest BCUT2D eigenvalue weighted by molar-refractivity contribution is 0.602. The van der Waals surface area contributed by atoms with Gasteiger partial charge in [0.2, 0.25) is 0 Å². The van der Waals surface area contributed by atoms with Crippen LogP contribution in [0.1, 0.15) is 0 Å². The molecule has 0 fully saturated rings. The molecule has 0 N–H and O–H groups in total. The van der Waals surface area contributed by atoms with Gasteiger partial charge in [-0.3, -0.25) is 0 Å². The predicted molar refractivity (Wildman–Crippen MR) is 168 cm³/mol. The third-order valence-corrected chi connectivity index (χ3v) is 8.27. The molecule has 0 bridgehead atoms. The zero-order valence-electron chi connectivity index (χ0n) is 22.0. The Labute approximate surface area is 235 Å². The van der Waals surface area contributed by atoms with Gasteiger partial charge in [-0.15, -0.1) is 0 Å². The Morgan fingerprint density at radius 2 is 1.05 bits per heavy atom. The second-order valence-electron chi connectivity index (χ2n) is 10.5. The summed E-state index contributed by atoms with van der Waals surface area (Å²) in [5, 5.41) is 4.94. The van der Waals surface area contributed by atoms with Crippen molar-refractivity contribution in [3.05, 3.63) is 140 Å². The van der Waals surface area contributed by atoms with E-state index in [0.717, 1.165) is 27.8 Å². The zero-order valence-corrected chi connectivity index (χ0v) is 22.0. The second kappa shape index (κ2) is 8.44. The summed E-state index contributed by atoms with van der Waals surface area (Å²) in [4.78, 5) is 4.54. The van der Waals surface area contributed by atoms with Crippen molar-refractivity contribution >= 4 is 54.7 Å². The van der Waals surface area contributed by atoms with Crippen LogP contribution in [-0.4, -0.2) is 14.1 Å². The van der Waals surface area contributed by atoms with E-state index in [0.29, 0.717) is 0 Å². The molecule has 0 amide bonds. The summed E-state index contributed by atoms with van der Waals surface area (Å²) in [6.45, 7) is 0. The monoisotopic (exact) mass is 525 g/mol. The molecule has 0 saturated heterocycles. The maximum atomic E-state index is 5.63. The minimum atomic E-state index is 0.785. The summed E-state index contributed by atoms with van der Waals surface area (Å²) < 4.78 is 10.3. The minimum Gasteiger partial charge on any atom is -0.443 e. The Hall–Kier alpha value is -5.61. The van der Waals surface area contributed by atoms with Crippen LogP contribution in [0.4, 0.5) is 0 Å². The Bertz CT molecular complexity index is 2420. The fourth-order valence-corrected chi connectivity index (χ4v) is 6.47. The fraction of sp³-hybridized carbons (Fsp3) is 0. The lowest BCUT2D eigenvalue weighted by Crippen LogP contribution is -1.95. The van der Waals surface area contributed by atoms with E-state index < -0.39 is 0 Å². The Morgan fingerprint density at radius 1 is 0.463 bits per heavy atom. The molecule has 0 atom stereocenters. The lowest BCUT2D eigenvalue weighted by atomic mass is 10.0. The topological polar surface area (TPSA) is 35.9 Å². The van der Waals surface area contributed by atoms with E-state index in [1.807, 2.05) is 12.1 Å². The minimum absolute atomic E-state index is 0.785. The molecule has 4 heteroatoms. The molecule has 0 aliphatic carbocycles. The van der Waals surface area contributed by atoms with Crippen molar-refractivity contribution in [1.82, 2.24) is 14.1 Å². The zero-order chi connectivity index (χ0) is 26.9. The first-order valence-corrected chi connectivity index (χ1v) is 13.8. The van der Waals surface area contributed by atoms with Crippen LogP contribution in [0.5, 0.6) is 0 Å². The molecule has 192 valence electrons. The highest BCUT2D eigenvalue weighted by atomic mass is 16.3. The third kappa shape index (κ3) is 3.19. The summed E-state index contributed by atoms with van der Waals surface area (Å²) in [7, 11) is 0. The van der Waals surface area contributed by atoms with E-state index in [2.05, 4.69) is 135 Å². The largest absolute Gasteiger partial charge is 0.443 e. The van der Waals surface area contributed by atoms with Crippen LogP contribution < -0.4 is 0 Å². The number of nitrogens with zero attached hydrogens (tertiary/aromatic N) is 3. The quantitative estimate of drug-likeness (QED) is 0.230. The summed E-state index contributed by atoms with van der Waals surface area (Å²) in [5.74, 6) is 0. The molecule has 0 aliphatic heterocycles. The van der Waals surface area contributed by atoms with Crippen LogP contribution in [0.2, 0.25) is 0 Å². The van der Waals surface area contributed by atoms with Crippen molar-refractivity contribution in [3.63, 3.8) is 0 Å². The van der Waals surface area contributed by atoms with Gasteiger partial charge in [0, 0.05) is 27.2 Å². The van der Waals surface area contributed by atoms with Gasteiger partial charge < -0.3 is 13.6 Å². The van der Waals surface area contributed by atoms with E-state index >= 15 is 0 Å². The van der Waals surface area contributed by atoms with E-state index in [1.54, 1.807) is 0 Å². The van der Waals surface area contributed by atoms with Gasteiger partial charge in [0.15, 0.2) is 12.0 Å². The molecule has 0 radical (unpaired) electrons. The maximum absolute atomic E-state index is 5.63. The summed E-state index contributed by atoms with van der Waals surface area (Å²) >= 11 is 0. The van der Waals surface area contributed by atoms with Crippen molar-refractivity contribution in [3.8, 4) is 22.5 Å². The van der Waals surface area contributed by atoms with Gasteiger partial charge in [-0.05, 0) is 71.8 Å². The second-order valence-corrected chi connectivity index (χ2v) is 10.5. The highest BCUT2D eigenvalue weighted by Crippen LogP contribution is 2.38. The lowest BCUT2D eigenvalue weighted by Gasteiger charge is -2.09. The number of benzene rings is 6. The predicted octanol–water partition coefficient (Wildman–Crippen LogP) is 9.69. The van der Waals surface area contributed by atoms with E-state index in [9.17, 15) is 0 Å². The van der Waals surface area contributed by atoms with Crippen LogP contribution in [0.15, 0.2) is 144 Å².